The highest BCUT2D eigenvalue weighted by Gasteiger charge is 2.21. The van der Waals surface area contributed by atoms with Crippen LogP contribution in [0.2, 0.25) is 0 Å². The lowest BCUT2D eigenvalue weighted by Crippen LogP contribution is -2.37. The van der Waals surface area contributed by atoms with Crippen molar-refractivity contribution >= 4 is 11.7 Å². The second-order valence-corrected chi connectivity index (χ2v) is 5.64. The smallest absolute Gasteiger partial charge is 0.219 e. The molecule has 1 saturated heterocycles. The molecule has 4 nitrogen and oxygen atoms in total. The van der Waals surface area contributed by atoms with Gasteiger partial charge in [0.15, 0.2) is 5.78 Å². The molecule has 0 bridgehead atoms. The molecule has 0 radical (unpaired) electrons. The van der Waals surface area contributed by atoms with Crippen LogP contribution in [0.3, 0.4) is 0 Å². The largest absolute Gasteiger partial charge is 0.497 e. The Labute approximate surface area is 126 Å². The lowest BCUT2D eigenvalue weighted by Gasteiger charge is -2.31. The molecule has 114 valence electrons. The number of carbonyl (C=O) groups is 2. The van der Waals surface area contributed by atoms with Gasteiger partial charge in [-0.2, -0.15) is 0 Å². The molecular formula is C17H23NO3. The van der Waals surface area contributed by atoms with Gasteiger partial charge in [0.25, 0.3) is 0 Å². The minimum atomic E-state index is 0.155. The Morgan fingerprint density at radius 2 is 1.81 bits per heavy atom. The molecule has 0 aromatic heterocycles. The first-order valence-corrected chi connectivity index (χ1v) is 7.53. The van der Waals surface area contributed by atoms with Crippen LogP contribution in [-0.2, 0) is 4.79 Å². The van der Waals surface area contributed by atoms with Gasteiger partial charge < -0.3 is 9.64 Å². The molecule has 0 N–H and O–H groups in total. The summed E-state index contributed by atoms with van der Waals surface area (Å²) in [6, 6.07) is 7.27. The van der Waals surface area contributed by atoms with Gasteiger partial charge in [-0.3, -0.25) is 9.59 Å². The topological polar surface area (TPSA) is 46.6 Å². The Balaban J connectivity index is 1.77. The summed E-state index contributed by atoms with van der Waals surface area (Å²) in [5.41, 5.74) is 0.747. The summed E-state index contributed by atoms with van der Waals surface area (Å²) in [5.74, 6) is 1.67. The Bertz CT molecular complexity index is 487. The summed E-state index contributed by atoms with van der Waals surface area (Å²) in [6.07, 6.45) is 3.51. The van der Waals surface area contributed by atoms with Gasteiger partial charge in [0.05, 0.1) is 7.11 Å². The van der Waals surface area contributed by atoms with Crippen molar-refractivity contribution in [1.29, 1.82) is 0 Å². The third-order valence-electron chi connectivity index (χ3n) is 4.25. The number of ether oxygens (including phenoxy) is 1. The van der Waals surface area contributed by atoms with E-state index in [1.807, 2.05) is 29.2 Å². The van der Waals surface area contributed by atoms with Crippen molar-refractivity contribution in [2.45, 2.75) is 32.6 Å². The molecule has 0 spiro atoms. The molecule has 1 fully saturated rings. The first-order chi connectivity index (χ1) is 10.1. The Morgan fingerprint density at radius 1 is 1.19 bits per heavy atom. The van der Waals surface area contributed by atoms with E-state index in [-0.39, 0.29) is 11.7 Å². The molecule has 1 aliphatic rings. The van der Waals surface area contributed by atoms with Crippen LogP contribution < -0.4 is 4.74 Å². The van der Waals surface area contributed by atoms with E-state index in [0.29, 0.717) is 12.3 Å². The SMILES string of the molecule is COc1ccc(C(=O)CCC2CCN(C(C)=O)CC2)cc1. The van der Waals surface area contributed by atoms with Gasteiger partial charge in [0, 0.05) is 32.0 Å². The van der Waals surface area contributed by atoms with Crippen molar-refractivity contribution in [3.8, 4) is 5.75 Å². The second kappa shape index (κ2) is 7.25. The van der Waals surface area contributed by atoms with Crippen LogP contribution in [0.4, 0.5) is 0 Å². The molecule has 1 aromatic carbocycles. The van der Waals surface area contributed by atoms with E-state index in [0.717, 1.165) is 43.7 Å². The lowest BCUT2D eigenvalue weighted by atomic mass is 9.90. The van der Waals surface area contributed by atoms with Gasteiger partial charge in [-0.15, -0.1) is 0 Å². The van der Waals surface area contributed by atoms with Crippen molar-refractivity contribution in [1.82, 2.24) is 4.90 Å². The predicted molar refractivity (Wildman–Crippen MR) is 81.5 cm³/mol. The number of Topliss-reactive ketones (excluding diaryl/α,β-unsaturated/α-hetero) is 1. The fourth-order valence-electron chi connectivity index (χ4n) is 2.79. The number of nitrogens with zero attached hydrogens (tertiary/aromatic N) is 1. The van der Waals surface area contributed by atoms with E-state index >= 15 is 0 Å². The fraction of sp³-hybridized carbons (Fsp3) is 0.529. The average molecular weight is 289 g/mol. The summed E-state index contributed by atoms with van der Waals surface area (Å²) >= 11 is 0. The number of ketones is 1. The number of carbonyl (C=O) groups excluding carboxylic acids is 2. The van der Waals surface area contributed by atoms with Crippen LogP contribution >= 0.6 is 0 Å². The van der Waals surface area contributed by atoms with Gasteiger partial charge in [-0.1, -0.05) is 0 Å². The molecule has 4 heteroatoms. The number of benzene rings is 1. The summed E-state index contributed by atoms with van der Waals surface area (Å²) < 4.78 is 5.09. The quantitative estimate of drug-likeness (QED) is 0.783. The van der Waals surface area contributed by atoms with Gasteiger partial charge in [0.1, 0.15) is 5.75 Å². The Kier molecular flexibility index (Phi) is 5.37. The van der Waals surface area contributed by atoms with Crippen molar-refractivity contribution in [2.75, 3.05) is 20.2 Å². The zero-order valence-corrected chi connectivity index (χ0v) is 12.8. The van der Waals surface area contributed by atoms with Crippen LogP contribution in [0.15, 0.2) is 24.3 Å². The minimum absolute atomic E-state index is 0.155. The van der Waals surface area contributed by atoms with Crippen molar-refractivity contribution < 1.29 is 14.3 Å². The highest BCUT2D eigenvalue weighted by atomic mass is 16.5. The van der Waals surface area contributed by atoms with E-state index in [2.05, 4.69) is 0 Å². The van der Waals surface area contributed by atoms with E-state index in [1.54, 1.807) is 14.0 Å². The summed E-state index contributed by atoms with van der Waals surface area (Å²) in [4.78, 5) is 25.3. The first-order valence-electron chi connectivity index (χ1n) is 7.53. The summed E-state index contributed by atoms with van der Waals surface area (Å²) in [7, 11) is 1.62. The molecule has 0 atom stereocenters. The number of likely N-dealkylation sites (tertiary alicyclic amines) is 1. The average Bonchev–Trinajstić information content (AvgIpc) is 2.53. The maximum Gasteiger partial charge on any atom is 0.219 e. The standard InChI is InChI=1S/C17H23NO3/c1-13(19)18-11-9-14(10-12-18)3-8-17(20)15-4-6-16(21-2)7-5-15/h4-7,14H,3,8-12H2,1-2H3. The van der Waals surface area contributed by atoms with E-state index in [9.17, 15) is 9.59 Å². The number of hydrogen-bond donors (Lipinski definition) is 0. The molecule has 0 unspecified atom stereocenters. The first kappa shape index (κ1) is 15.5. The van der Waals surface area contributed by atoms with Crippen LogP contribution in [0.1, 0.15) is 43.0 Å². The molecule has 0 saturated carbocycles. The highest BCUT2D eigenvalue weighted by molar-refractivity contribution is 5.96. The zero-order valence-electron chi connectivity index (χ0n) is 12.8. The van der Waals surface area contributed by atoms with Gasteiger partial charge in [0.2, 0.25) is 5.91 Å². The van der Waals surface area contributed by atoms with Gasteiger partial charge in [-0.25, -0.2) is 0 Å². The molecular weight excluding hydrogens is 266 g/mol. The molecule has 1 amide bonds. The third kappa shape index (κ3) is 4.31. The Hall–Kier alpha value is -1.84. The number of piperidine rings is 1. The van der Waals surface area contributed by atoms with Crippen molar-refractivity contribution in [2.24, 2.45) is 5.92 Å². The van der Waals surface area contributed by atoms with E-state index in [1.165, 1.54) is 0 Å². The molecule has 0 aliphatic carbocycles. The van der Waals surface area contributed by atoms with Crippen LogP contribution in [0.5, 0.6) is 5.75 Å². The number of hydrogen-bond acceptors (Lipinski definition) is 3. The molecule has 1 heterocycles. The molecule has 1 aliphatic heterocycles. The molecule has 21 heavy (non-hydrogen) atoms. The van der Waals surface area contributed by atoms with E-state index < -0.39 is 0 Å². The third-order valence-corrected chi connectivity index (χ3v) is 4.25. The second-order valence-electron chi connectivity index (χ2n) is 5.64. The normalized spacial score (nSPS) is 15.8. The van der Waals surface area contributed by atoms with Crippen LogP contribution in [0, 0.1) is 5.92 Å². The Morgan fingerprint density at radius 3 is 2.33 bits per heavy atom. The zero-order chi connectivity index (χ0) is 15.2. The predicted octanol–water partition coefficient (Wildman–Crippen LogP) is 2.92. The number of rotatable bonds is 5. The van der Waals surface area contributed by atoms with Crippen LogP contribution in [-0.4, -0.2) is 36.8 Å². The summed E-state index contributed by atoms with van der Waals surface area (Å²) in [5, 5.41) is 0. The van der Waals surface area contributed by atoms with Gasteiger partial charge in [-0.05, 0) is 49.4 Å². The fourth-order valence-corrected chi connectivity index (χ4v) is 2.79. The van der Waals surface area contributed by atoms with Crippen molar-refractivity contribution in [3.63, 3.8) is 0 Å². The van der Waals surface area contributed by atoms with Gasteiger partial charge >= 0.3 is 0 Å². The van der Waals surface area contributed by atoms with Crippen LogP contribution in [0.25, 0.3) is 0 Å². The molecule has 2 rings (SSSR count). The maximum atomic E-state index is 12.2. The minimum Gasteiger partial charge on any atom is -0.497 e. The number of amides is 1. The van der Waals surface area contributed by atoms with E-state index in [4.69, 9.17) is 4.74 Å². The molecule has 1 aromatic rings. The monoisotopic (exact) mass is 289 g/mol. The number of methoxy groups -OCH3 is 1. The summed E-state index contributed by atoms with van der Waals surface area (Å²) in [6.45, 7) is 3.28. The lowest BCUT2D eigenvalue weighted by molar-refractivity contribution is -0.130. The highest BCUT2D eigenvalue weighted by Crippen LogP contribution is 2.23. The maximum absolute atomic E-state index is 12.2. The van der Waals surface area contributed by atoms with Crippen molar-refractivity contribution in [3.05, 3.63) is 29.8 Å².